The number of thioether (sulfide) groups is 1. The fourth-order valence-corrected chi connectivity index (χ4v) is 3.04. The Hall–Kier alpha value is -1.04. The van der Waals surface area contributed by atoms with E-state index in [1.807, 2.05) is 16.7 Å². The molecule has 1 atom stereocenters. The van der Waals surface area contributed by atoms with Crippen molar-refractivity contribution in [2.75, 3.05) is 36.1 Å². The van der Waals surface area contributed by atoms with Crippen LogP contribution in [0, 0.1) is 5.82 Å². The molecule has 6 heteroatoms. The molecule has 1 unspecified atom stereocenters. The van der Waals surface area contributed by atoms with E-state index in [0.717, 1.165) is 25.3 Å². The lowest BCUT2D eigenvalue weighted by Crippen LogP contribution is -2.38. The lowest BCUT2D eigenvalue weighted by atomic mass is 10.3. The molecule has 0 aliphatic carbocycles. The van der Waals surface area contributed by atoms with Gasteiger partial charge in [0.2, 0.25) is 5.95 Å². The number of rotatable bonds is 3. The van der Waals surface area contributed by atoms with Gasteiger partial charge in [-0.05, 0) is 6.42 Å². The van der Waals surface area contributed by atoms with E-state index in [1.165, 1.54) is 6.20 Å². The molecule has 1 aliphatic rings. The van der Waals surface area contributed by atoms with Crippen molar-refractivity contribution in [2.24, 2.45) is 0 Å². The van der Waals surface area contributed by atoms with Gasteiger partial charge in [-0.25, -0.2) is 9.37 Å². The van der Waals surface area contributed by atoms with E-state index in [0.29, 0.717) is 17.0 Å². The summed E-state index contributed by atoms with van der Waals surface area (Å²) in [5.74, 6) is 1.57. The average Bonchev–Trinajstić information content (AvgIpc) is 2.39. The van der Waals surface area contributed by atoms with E-state index in [-0.39, 0.29) is 5.82 Å². The van der Waals surface area contributed by atoms with Gasteiger partial charge >= 0.3 is 0 Å². The first-order valence-corrected chi connectivity index (χ1v) is 6.86. The smallest absolute Gasteiger partial charge is 0.224 e. The highest BCUT2D eigenvalue weighted by molar-refractivity contribution is 8.00. The minimum atomic E-state index is -0.342. The van der Waals surface area contributed by atoms with Crippen LogP contribution in [0.25, 0.3) is 0 Å². The molecular weight excluding hydrogens is 239 g/mol. The molecule has 1 saturated heterocycles. The van der Waals surface area contributed by atoms with Gasteiger partial charge in [0, 0.05) is 31.1 Å². The molecule has 0 saturated carbocycles. The largest absolute Gasteiger partial charge is 0.357 e. The van der Waals surface area contributed by atoms with Crippen LogP contribution in [0.15, 0.2) is 6.20 Å². The van der Waals surface area contributed by atoms with Gasteiger partial charge in [-0.3, -0.25) is 0 Å². The van der Waals surface area contributed by atoms with Crippen LogP contribution in [0.5, 0.6) is 0 Å². The number of halogens is 1. The van der Waals surface area contributed by atoms with E-state index in [2.05, 4.69) is 22.2 Å². The standard InChI is InChI=1S/C11H17FN4S/c1-3-8-7-16(4-5-17-8)10-9(12)6-14-11(13-2)15-10/h6,8H,3-5,7H2,1-2H3,(H,13,14,15). The van der Waals surface area contributed by atoms with Crippen LogP contribution in [-0.2, 0) is 0 Å². The highest BCUT2D eigenvalue weighted by Crippen LogP contribution is 2.26. The van der Waals surface area contributed by atoms with Crippen molar-refractivity contribution in [3.63, 3.8) is 0 Å². The molecule has 17 heavy (non-hydrogen) atoms. The second-order valence-corrected chi connectivity index (χ2v) is 5.37. The second-order valence-electron chi connectivity index (χ2n) is 3.96. The van der Waals surface area contributed by atoms with Gasteiger partial charge in [0.15, 0.2) is 11.6 Å². The van der Waals surface area contributed by atoms with Crippen LogP contribution < -0.4 is 10.2 Å². The third-order valence-electron chi connectivity index (χ3n) is 2.84. The molecule has 0 aromatic carbocycles. The third kappa shape index (κ3) is 2.80. The molecule has 4 nitrogen and oxygen atoms in total. The molecule has 2 rings (SSSR count). The van der Waals surface area contributed by atoms with Gasteiger partial charge < -0.3 is 10.2 Å². The number of hydrogen-bond donors (Lipinski definition) is 1. The third-order valence-corrected chi connectivity index (χ3v) is 4.21. The molecule has 1 aromatic rings. The first-order valence-electron chi connectivity index (χ1n) is 5.81. The summed E-state index contributed by atoms with van der Waals surface area (Å²) in [4.78, 5) is 10.1. The normalized spacial score (nSPS) is 20.4. The van der Waals surface area contributed by atoms with Gasteiger partial charge in [0.1, 0.15) is 0 Å². The Labute approximate surface area is 105 Å². The molecule has 94 valence electrons. The van der Waals surface area contributed by atoms with Crippen molar-refractivity contribution in [3.05, 3.63) is 12.0 Å². The zero-order valence-corrected chi connectivity index (χ0v) is 10.9. The molecule has 1 fully saturated rings. The highest BCUT2D eigenvalue weighted by Gasteiger charge is 2.22. The summed E-state index contributed by atoms with van der Waals surface area (Å²) in [6, 6.07) is 0. The second kappa shape index (κ2) is 5.53. The van der Waals surface area contributed by atoms with Crippen LogP contribution >= 0.6 is 11.8 Å². The summed E-state index contributed by atoms with van der Waals surface area (Å²) in [6.45, 7) is 3.87. The van der Waals surface area contributed by atoms with Crippen molar-refractivity contribution in [1.29, 1.82) is 0 Å². The summed E-state index contributed by atoms with van der Waals surface area (Å²) < 4.78 is 13.7. The molecule has 0 spiro atoms. The minimum absolute atomic E-state index is 0.342. The molecule has 2 heterocycles. The predicted molar refractivity (Wildman–Crippen MR) is 70.3 cm³/mol. The predicted octanol–water partition coefficient (Wildman–Crippen LogP) is 1.99. The fourth-order valence-electron chi connectivity index (χ4n) is 1.86. The van der Waals surface area contributed by atoms with E-state index in [1.54, 1.807) is 7.05 Å². The first-order chi connectivity index (χ1) is 8.24. The van der Waals surface area contributed by atoms with Crippen molar-refractivity contribution >= 4 is 23.5 Å². The van der Waals surface area contributed by atoms with Crippen LogP contribution in [0.4, 0.5) is 16.2 Å². The van der Waals surface area contributed by atoms with Gasteiger partial charge in [0.25, 0.3) is 0 Å². The van der Waals surface area contributed by atoms with Crippen molar-refractivity contribution in [2.45, 2.75) is 18.6 Å². The van der Waals surface area contributed by atoms with Gasteiger partial charge in [0.05, 0.1) is 6.20 Å². The van der Waals surface area contributed by atoms with E-state index in [9.17, 15) is 4.39 Å². The summed E-state index contributed by atoms with van der Waals surface area (Å²) in [5, 5.41) is 3.40. The Kier molecular flexibility index (Phi) is 4.04. The summed E-state index contributed by atoms with van der Waals surface area (Å²) in [6.07, 6.45) is 2.34. The quantitative estimate of drug-likeness (QED) is 0.895. The Morgan fingerprint density at radius 1 is 1.65 bits per heavy atom. The number of nitrogens with zero attached hydrogens (tertiary/aromatic N) is 3. The maximum atomic E-state index is 13.7. The number of anilines is 2. The molecule has 0 bridgehead atoms. The van der Waals surface area contributed by atoms with Crippen molar-refractivity contribution in [1.82, 2.24) is 9.97 Å². The SMILES string of the molecule is CCC1CN(c2nc(NC)ncc2F)CCS1. The molecule has 1 aromatic heterocycles. The van der Waals surface area contributed by atoms with Crippen LogP contribution in [0.3, 0.4) is 0 Å². The zero-order chi connectivity index (χ0) is 12.3. The Balaban J connectivity index is 2.20. The number of hydrogen-bond acceptors (Lipinski definition) is 5. The van der Waals surface area contributed by atoms with Crippen molar-refractivity contribution < 1.29 is 4.39 Å². The van der Waals surface area contributed by atoms with Crippen LogP contribution in [-0.4, -0.2) is 41.1 Å². The lowest BCUT2D eigenvalue weighted by Gasteiger charge is -2.32. The summed E-state index contributed by atoms with van der Waals surface area (Å²) in [5.41, 5.74) is 0. The molecule has 0 amide bonds. The monoisotopic (exact) mass is 256 g/mol. The number of aromatic nitrogens is 2. The Morgan fingerprint density at radius 3 is 3.18 bits per heavy atom. The van der Waals surface area contributed by atoms with Gasteiger partial charge in [-0.1, -0.05) is 6.92 Å². The molecule has 1 aliphatic heterocycles. The van der Waals surface area contributed by atoms with E-state index < -0.39 is 0 Å². The minimum Gasteiger partial charge on any atom is -0.357 e. The van der Waals surface area contributed by atoms with Crippen LogP contribution in [0.1, 0.15) is 13.3 Å². The van der Waals surface area contributed by atoms with Crippen LogP contribution in [0.2, 0.25) is 0 Å². The van der Waals surface area contributed by atoms with E-state index in [4.69, 9.17) is 0 Å². The molecular formula is C11H17FN4S. The first kappa shape index (κ1) is 12.4. The Morgan fingerprint density at radius 2 is 2.47 bits per heavy atom. The maximum Gasteiger partial charge on any atom is 0.224 e. The lowest BCUT2D eigenvalue weighted by molar-refractivity contribution is 0.598. The highest BCUT2D eigenvalue weighted by atomic mass is 32.2. The van der Waals surface area contributed by atoms with Gasteiger partial charge in [-0.2, -0.15) is 16.7 Å². The summed E-state index contributed by atoms with van der Waals surface area (Å²) in [7, 11) is 1.73. The molecule has 1 N–H and O–H groups in total. The zero-order valence-electron chi connectivity index (χ0n) is 10.1. The van der Waals surface area contributed by atoms with E-state index >= 15 is 0 Å². The average molecular weight is 256 g/mol. The van der Waals surface area contributed by atoms with Gasteiger partial charge in [-0.15, -0.1) is 0 Å². The topological polar surface area (TPSA) is 41.1 Å². The fraction of sp³-hybridized carbons (Fsp3) is 0.636. The number of nitrogens with one attached hydrogen (secondary N) is 1. The molecule has 0 radical (unpaired) electrons. The maximum absolute atomic E-state index is 13.7. The summed E-state index contributed by atoms with van der Waals surface area (Å²) >= 11 is 1.95. The Bertz CT molecular complexity index is 388. The van der Waals surface area contributed by atoms with Crippen molar-refractivity contribution in [3.8, 4) is 0 Å².